The van der Waals surface area contributed by atoms with Crippen LogP contribution in [-0.2, 0) is 14.4 Å². The van der Waals surface area contributed by atoms with Crippen molar-refractivity contribution in [2.24, 2.45) is 17.4 Å². The first kappa shape index (κ1) is 14.5. The first-order valence-corrected chi connectivity index (χ1v) is 6.38. The van der Waals surface area contributed by atoms with E-state index in [0.29, 0.717) is 12.3 Å². The number of nitrogens with one attached hydrogen (secondary N) is 1. The van der Waals surface area contributed by atoms with Crippen molar-refractivity contribution in [2.75, 3.05) is 0 Å². The quantitative estimate of drug-likeness (QED) is 0.571. The standard InChI is InChI=1S/C12H21N3O3/c13-11(17)10(12(14)18)15-9(16)7-6-8-4-2-1-3-5-8/h8,10H,1-7H2,(H2,13,17)(H2,14,18)(H,15,16). The topological polar surface area (TPSA) is 115 Å². The summed E-state index contributed by atoms with van der Waals surface area (Å²) in [6.07, 6.45) is 7.12. The van der Waals surface area contributed by atoms with E-state index in [-0.39, 0.29) is 5.91 Å². The fourth-order valence-electron chi connectivity index (χ4n) is 2.33. The highest BCUT2D eigenvalue weighted by Crippen LogP contribution is 2.27. The minimum Gasteiger partial charge on any atom is -0.367 e. The molecule has 0 radical (unpaired) electrons. The van der Waals surface area contributed by atoms with Crippen molar-refractivity contribution in [3.63, 3.8) is 0 Å². The summed E-state index contributed by atoms with van der Waals surface area (Å²) >= 11 is 0. The molecular formula is C12H21N3O3. The van der Waals surface area contributed by atoms with Gasteiger partial charge in [0.2, 0.25) is 17.7 Å². The molecule has 0 unspecified atom stereocenters. The van der Waals surface area contributed by atoms with Crippen LogP contribution in [0.4, 0.5) is 0 Å². The zero-order valence-electron chi connectivity index (χ0n) is 10.5. The first-order valence-electron chi connectivity index (χ1n) is 6.38. The van der Waals surface area contributed by atoms with Crippen LogP contribution in [0, 0.1) is 5.92 Å². The van der Waals surface area contributed by atoms with Crippen LogP contribution in [0.2, 0.25) is 0 Å². The second-order valence-corrected chi connectivity index (χ2v) is 4.85. The molecule has 0 saturated heterocycles. The molecule has 0 spiro atoms. The molecule has 1 aliphatic rings. The van der Waals surface area contributed by atoms with Crippen molar-refractivity contribution in [3.8, 4) is 0 Å². The second kappa shape index (κ2) is 6.98. The molecule has 0 aromatic carbocycles. The van der Waals surface area contributed by atoms with Gasteiger partial charge in [0, 0.05) is 6.42 Å². The second-order valence-electron chi connectivity index (χ2n) is 4.85. The Hall–Kier alpha value is -1.59. The lowest BCUT2D eigenvalue weighted by atomic mass is 9.86. The highest BCUT2D eigenvalue weighted by Gasteiger charge is 2.24. The molecule has 0 bridgehead atoms. The molecule has 0 aromatic heterocycles. The minimum atomic E-state index is -1.40. The third-order valence-electron chi connectivity index (χ3n) is 3.38. The largest absolute Gasteiger partial charge is 0.367 e. The Balaban J connectivity index is 2.31. The van der Waals surface area contributed by atoms with Gasteiger partial charge in [0.25, 0.3) is 0 Å². The van der Waals surface area contributed by atoms with Crippen molar-refractivity contribution < 1.29 is 14.4 Å². The van der Waals surface area contributed by atoms with Crippen LogP contribution in [0.5, 0.6) is 0 Å². The summed E-state index contributed by atoms with van der Waals surface area (Å²) in [6, 6.07) is -1.40. The molecule has 5 N–H and O–H groups in total. The fourth-order valence-corrected chi connectivity index (χ4v) is 2.33. The third-order valence-corrected chi connectivity index (χ3v) is 3.38. The predicted molar refractivity (Wildman–Crippen MR) is 66.1 cm³/mol. The Morgan fingerprint density at radius 2 is 1.61 bits per heavy atom. The molecule has 0 aromatic rings. The number of carbonyl (C=O) groups excluding carboxylic acids is 3. The molecule has 3 amide bonds. The van der Waals surface area contributed by atoms with Gasteiger partial charge in [-0.2, -0.15) is 0 Å². The molecule has 102 valence electrons. The van der Waals surface area contributed by atoms with Gasteiger partial charge >= 0.3 is 0 Å². The van der Waals surface area contributed by atoms with Crippen LogP contribution >= 0.6 is 0 Å². The minimum absolute atomic E-state index is 0.307. The van der Waals surface area contributed by atoms with Crippen LogP contribution in [0.3, 0.4) is 0 Å². The summed E-state index contributed by atoms with van der Waals surface area (Å²) in [7, 11) is 0. The predicted octanol–water partition coefficient (Wildman–Crippen LogP) is -0.198. The number of rotatable bonds is 6. The van der Waals surface area contributed by atoms with E-state index in [1.165, 1.54) is 19.3 Å². The summed E-state index contributed by atoms with van der Waals surface area (Å²) in [6.45, 7) is 0. The van der Waals surface area contributed by atoms with Crippen molar-refractivity contribution in [1.29, 1.82) is 0 Å². The van der Waals surface area contributed by atoms with E-state index in [1.807, 2.05) is 0 Å². The summed E-state index contributed by atoms with van der Waals surface area (Å²) in [5.74, 6) is -1.62. The number of nitrogens with two attached hydrogens (primary N) is 2. The number of carbonyl (C=O) groups is 3. The van der Waals surface area contributed by atoms with E-state index in [4.69, 9.17) is 11.5 Å². The van der Waals surface area contributed by atoms with Crippen molar-refractivity contribution in [2.45, 2.75) is 51.0 Å². The number of amides is 3. The van der Waals surface area contributed by atoms with E-state index in [0.717, 1.165) is 19.3 Å². The third kappa shape index (κ3) is 4.73. The van der Waals surface area contributed by atoms with Gasteiger partial charge in [-0.3, -0.25) is 14.4 Å². The lowest BCUT2D eigenvalue weighted by Gasteiger charge is -2.21. The molecule has 1 fully saturated rings. The maximum absolute atomic E-state index is 11.6. The Morgan fingerprint density at radius 3 is 2.11 bits per heavy atom. The SMILES string of the molecule is NC(=O)C(NC(=O)CCC1CCCCC1)C(N)=O. The van der Waals surface area contributed by atoms with Gasteiger partial charge in [0.1, 0.15) is 0 Å². The molecule has 6 heteroatoms. The zero-order chi connectivity index (χ0) is 13.5. The highest BCUT2D eigenvalue weighted by atomic mass is 16.2. The van der Waals surface area contributed by atoms with E-state index in [1.54, 1.807) is 0 Å². The van der Waals surface area contributed by atoms with E-state index < -0.39 is 17.9 Å². The van der Waals surface area contributed by atoms with Gasteiger partial charge in [-0.25, -0.2) is 0 Å². The lowest BCUT2D eigenvalue weighted by molar-refractivity contribution is -0.134. The number of hydrogen-bond acceptors (Lipinski definition) is 3. The van der Waals surface area contributed by atoms with Crippen molar-refractivity contribution >= 4 is 17.7 Å². The molecule has 1 aliphatic carbocycles. The molecule has 1 rings (SSSR count). The number of primary amides is 2. The average Bonchev–Trinajstić information content (AvgIpc) is 2.34. The molecular weight excluding hydrogens is 234 g/mol. The lowest BCUT2D eigenvalue weighted by Crippen LogP contribution is -2.52. The van der Waals surface area contributed by atoms with E-state index in [2.05, 4.69) is 5.32 Å². The van der Waals surface area contributed by atoms with Crippen LogP contribution in [-0.4, -0.2) is 23.8 Å². The van der Waals surface area contributed by atoms with E-state index >= 15 is 0 Å². The molecule has 6 nitrogen and oxygen atoms in total. The summed E-state index contributed by atoms with van der Waals surface area (Å²) in [5.41, 5.74) is 9.94. The number of hydrogen-bond donors (Lipinski definition) is 3. The monoisotopic (exact) mass is 255 g/mol. The maximum Gasteiger partial charge on any atom is 0.249 e. The van der Waals surface area contributed by atoms with Gasteiger partial charge in [0.05, 0.1) is 0 Å². The summed E-state index contributed by atoms with van der Waals surface area (Å²) < 4.78 is 0. The van der Waals surface area contributed by atoms with Crippen LogP contribution in [0.15, 0.2) is 0 Å². The summed E-state index contributed by atoms with van der Waals surface area (Å²) in [5, 5.41) is 2.27. The molecule has 0 aliphatic heterocycles. The van der Waals surface area contributed by atoms with Gasteiger partial charge in [-0.05, 0) is 12.3 Å². The molecule has 0 heterocycles. The smallest absolute Gasteiger partial charge is 0.249 e. The normalized spacial score (nSPS) is 16.5. The first-order chi connectivity index (χ1) is 8.50. The molecule has 0 atom stereocenters. The zero-order valence-corrected chi connectivity index (χ0v) is 10.5. The Bertz CT molecular complexity index is 311. The highest BCUT2D eigenvalue weighted by molar-refractivity contribution is 6.05. The van der Waals surface area contributed by atoms with E-state index in [9.17, 15) is 14.4 Å². The van der Waals surface area contributed by atoms with Gasteiger partial charge < -0.3 is 16.8 Å². The van der Waals surface area contributed by atoms with Crippen LogP contribution < -0.4 is 16.8 Å². The van der Waals surface area contributed by atoms with Crippen molar-refractivity contribution in [1.82, 2.24) is 5.32 Å². The molecule has 18 heavy (non-hydrogen) atoms. The Kier molecular flexibility index (Phi) is 5.61. The van der Waals surface area contributed by atoms with Crippen LogP contribution in [0.1, 0.15) is 44.9 Å². The Morgan fingerprint density at radius 1 is 1.06 bits per heavy atom. The fraction of sp³-hybridized carbons (Fsp3) is 0.750. The average molecular weight is 255 g/mol. The summed E-state index contributed by atoms with van der Waals surface area (Å²) in [4.78, 5) is 33.4. The Labute approximate surface area is 106 Å². The van der Waals surface area contributed by atoms with Gasteiger partial charge in [-0.1, -0.05) is 32.1 Å². The van der Waals surface area contributed by atoms with Crippen molar-refractivity contribution in [3.05, 3.63) is 0 Å². The molecule has 1 saturated carbocycles. The van der Waals surface area contributed by atoms with Gasteiger partial charge in [0.15, 0.2) is 6.04 Å². The maximum atomic E-state index is 11.6. The van der Waals surface area contributed by atoms with Crippen LogP contribution in [0.25, 0.3) is 0 Å². The van der Waals surface area contributed by atoms with Gasteiger partial charge in [-0.15, -0.1) is 0 Å².